The van der Waals surface area contributed by atoms with Crippen LogP contribution in [0.25, 0.3) is 11.0 Å². The fraction of sp³-hybridized carbons (Fsp3) is 0.0952. The largest absolute Gasteiger partial charge is 0.366 e. The van der Waals surface area contributed by atoms with Gasteiger partial charge in [0.15, 0.2) is 4.77 Å². The van der Waals surface area contributed by atoms with Gasteiger partial charge in [-0.15, -0.1) is 0 Å². The van der Waals surface area contributed by atoms with Gasteiger partial charge in [0.2, 0.25) is 0 Å². The third-order valence-electron chi connectivity index (χ3n) is 4.64. The molecule has 9 heteroatoms. The van der Waals surface area contributed by atoms with Crippen molar-refractivity contribution in [1.82, 2.24) is 9.13 Å². The molecule has 154 valence electrons. The molecule has 0 saturated carbocycles. The summed E-state index contributed by atoms with van der Waals surface area (Å²) in [4.78, 5) is 0. The van der Waals surface area contributed by atoms with Crippen LogP contribution in [0, 0.1) is 4.77 Å². The van der Waals surface area contributed by atoms with Crippen LogP contribution in [0.15, 0.2) is 60.7 Å². The molecule has 4 aromatic rings. The minimum atomic E-state index is 0.435. The Morgan fingerprint density at radius 2 is 1.10 bits per heavy atom. The van der Waals surface area contributed by atoms with Crippen molar-refractivity contribution in [1.29, 1.82) is 0 Å². The zero-order valence-electron chi connectivity index (χ0n) is 15.5. The Labute approximate surface area is 198 Å². The molecule has 0 fully saturated rings. The molecular formula is C21H16Cl4N4S. The highest BCUT2D eigenvalue weighted by atomic mass is 35.5. The number of benzene rings is 3. The van der Waals surface area contributed by atoms with Gasteiger partial charge >= 0.3 is 0 Å². The van der Waals surface area contributed by atoms with Gasteiger partial charge in [0, 0.05) is 10.0 Å². The van der Waals surface area contributed by atoms with Crippen LogP contribution < -0.4 is 10.6 Å². The fourth-order valence-corrected chi connectivity index (χ4v) is 4.21. The van der Waals surface area contributed by atoms with Crippen molar-refractivity contribution >= 4 is 81.0 Å². The zero-order valence-corrected chi connectivity index (χ0v) is 19.3. The van der Waals surface area contributed by atoms with Crippen LogP contribution >= 0.6 is 58.6 Å². The molecule has 1 heterocycles. The standard InChI is InChI=1S/C21H16Cl4N4S/c22-13-5-7-15(24)17(9-13)26-11-28-19-3-1-2-4-20(19)29(21(28)30)12-27-18-10-14(23)6-8-16(18)25/h1-10,26-27H,11-12H2. The Morgan fingerprint density at radius 1 is 0.667 bits per heavy atom. The van der Waals surface area contributed by atoms with E-state index in [0.717, 1.165) is 22.4 Å². The van der Waals surface area contributed by atoms with Gasteiger partial charge in [-0.1, -0.05) is 58.5 Å². The third-order valence-corrected chi connectivity index (χ3v) is 6.21. The normalized spacial score (nSPS) is 11.1. The number of hydrogen-bond acceptors (Lipinski definition) is 3. The van der Waals surface area contributed by atoms with E-state index in [1.54, 1.807) is 36.4 Å². The smallest absolute Gasteiger partial charge is 0.183 e. The average Bonchev–Trinajstić information content (AvgIpc) is 3.00. The van der Waals surface area contributed by atoms with Crippen molar-refractivity contribution in [3.05, 3.63) is 85.5 Å². The van der Waals surface area contributed by atoms with Gasteiger partial charge in [-0.05, 0) is 60.7 Å². The van der Waals surface area contributed by atoms with E-state index in [0.29, 0.717) is 38.2 Å². The number of hydrogen-bond donors (Lipinski definition) is 2. The second-order valence-electron chi connectivity index (χ2n) is 6.55. The fourth-order valence-electron chi connectivity index (χ4n) is 3.17. The van der Waals surface area contributed by atoms with Crippen LogP contribution in [0.4, 0.5) is 11.4 Å². The first-order valence-corrected chi connectivity index (χ1v) is 10.9. The number of halogens is 4. The van der Waals surface area contributed by atoms with Gasteiger partial charge in [0.05, 0.1) is 45.8 Å². The summed E-state index contributed by atoms with van der Waals surface area (Å²) in [7, 11) is 0. The summed E-state index contributed by atoms with van der Waals surface area (Å²) < 4.78 is 4.65. The molecule has 4 nitrogen and oxygen atoms in total. The Hall–Kier alpha value is -1.89. The monoisotopic (exact) mass is 496 g/mol. The first kappa shape index (κ1) is 21.3. The van der Waals surface area contributed by atoms with Crippen LogP contribution in [0.5, 0.6) is 0 Å². The molecule has 0 bridgehead atoms. The number of nitrogens with one attached hydrogen (secondary N) is 2. The van der Waals surface area contributed by atoms with E-state index in [1.807, 2.05) is 33.4 Å². The molecule has 0 atom stereocenters. The second kappa shape index (κ2) is 9.08. The lowest BCUT2D eigenvalue weighted by Gasteiger charge is -2.11. The Kier molecular flexibility index (Phi) is 6.46. The van der Waals surface area contributed by atoms with Crippen LogP contribution in [0.2, 0.25) is 20.1 Å². The molecule has 4 rings (SSSR count). The minimum absolute atomic E-state index is 0.435. The number of rotatable bonds is 6. The van der Waals surface area contributed by atoms with Crippen LogP contribution in [-0.4, -0.2) is 9.13 Å². The predicted molar refractivity (Wildman–Crippen MR) is 131 cm³/mol. The lowest BCUT2D eigenvalue weighted by atomic mass is 10.3. The molecule has 0 aliphatic rings. The van der Waals surface area contributed by atoms with Gasteiger partial charge in [-0.3, -0.25) is 9.13 Å². The lowest BCUT2D eigenvalue weighted by molar-refractivity contribution is 0.710. The molecule has 0 saturated heterocycles. The molecule has 1 aromatic heterocycles. The van der Waals surface area contributed by atoms with E-state index in [2.05, 4.69) is 10.6 Å². The van der Waals surface area contributed by atoms with E-state index in [9.17, 15) is 0 Å². The van der Waals surface area contributed by atoms with E-state index in [4.69, 9.17) is 58.6 Å². The summed E-state index contributed by atoms with van der Waals surface area (Å²) in [6.07, 6.45) is 0. The highest BCUT2D eigenvalue weighted by Crippen LogP contribution is 2.28. The van der Waals surface area contributed by atoms with Crippen LogP contribution in [-0.2, 0) is 13.3 Å². The predicted octanol–water partition coefficient (Wildman–Crippen LogP) is 7.93. The first-order chi connectivity index (χ1) is 14.4. The number of fused-ring (bicyclic) bond motifs is 1. The average molecular weight is 498 g/mol. The lowest BCUT2D eigenvalue weighted by Crippen LogP contribution is -2.12. The number of para-hydroxylation sites is 2. The topological polar surface area (TPSA) is 33.9 Å². The summed E-state index contributed by atoms with van der Waals surface area (Å²) in [6, 6.07) is 18.6. The highest BCUT2D eigenvalue weighted by Gasteiger charge is 2.11. The second-order valence-corrected chi connectivity index (χ2v) is 8.60. The van der Waals surface area contributed by atoms with Gasteiger partial charge in [-0.25, -0.2) is 0 Å². The number of anilines is 2. The van der Waals surface area contributed by atoms with Gasteiger partial charge in [-0.2, -0.15) is 0 Å². The van der Waals surface area contributed by atoms with Gasteiger partial charge in [0.25, 0.3) is 0 Å². The van der Waals surface area contributed by atoms with Gasteiger partial charge in [0.1, 0.15) is 0 Å². The number of nitrogens with zero attached hydrogens (tertiary/aromatic N) is 2. The van der Waals surface area contributed by atoms with Crippen LogP contribution in [0.1, 0.15) is 0 Å². The number of aromatic nitrogens is 2. The third kappa shape index (κ3) is 4.41. The van der Waals surface area contributed by atoms with Crippen molar-refractivity contribution < 1.29 is 0 Å². The van der Waals surface area contributed by atoms with Crippen molar-refractivity contribution in [3.63, 3.8) is 0 Å². The molecule has 0 amide bonds. The molecule has 30 heavy (non-hydrogen) atoms. The quantitative estimate of drug-likeness (QED) is 0.265. The van der Waals surface area contributed by atoms with Crippen LogP contribution in [0.3, 0.4) is 0 Å². The molecule has 2 N–H and O–H groups in total. The van der Waals surface area contributed by atoms with Crippen molar-refractivity contribution in [2.45, 2.75) is 13.3 Å². The molecule has 0 radical (unpaired) electrons. The maximum Gasteiger partial charge on any atom is 0.183 e. The first-order valence-electron chi connectivity index (χ1n) is 9.00. The number of imidazole rings is 1. The summed E-state index contributed by atoms with van der Waals surface area (Å²) in [5, 5.41) is 9.02. The molecule has 0 spiro atoms. The Balaban J connectivity index is 1.65. The van der Waals surface area contributed by atoms with E-state index < -0.39 is 0 Å². The van der Waals surface area contributed by atoms with E-state index in [1.165, 1.54) is 0 Å². The highest BCUT2D eigenvalue weighted by molar-refractivity contribution is 7.71. The van der Waals surface area contributed by atoms with Gasteiger partial charge < -0.3 is 10.6 Å². The SMILES string of the molecule is S=c1n(CNc2cc(Cl)ccc2Cl)c2ccccc2n1CNc1cc(Cl)ccc1Cl. The zero-order chi connectivity index (χ0) is 21.3. The Bertz CT molecular complexity index is 1190. The maximum atomic E-state index is 6.28. The molecular weight excluding hydrogens is 482 g/mol. The Morgan fingerprint density at radius 3 is 1.53 bits per heavy atom. The molecule has 0 aliphatic carbocycles. The maximum absolute atomic E-state index is 6.28. The minimum Gasteiger partial charge on any atom is -0.366 e. The summed E-state index contributed by atoms with van der Waals surface area (Å²) in [6.45, 7) is 0.870. The molecule has 3 aromatic carbocycles. The molecule has 0 aliphatic heterocycles. The summed E-state index contributed by atoms with van der Waals surface area (Å²) in [5.41, 5.74) is 3.47. The molecule has 0 unspecified atom stereocenters. The van der Waals surface area contributed by atoms with Crippen molar-refractivity contribution in [3.8, 4) is 0 Å². The van der Waals surface area contributed by atoms with Crippen molar-refractivity contribution in [2.24, 2.45) is 0 Å². The van der Waals surface area contributed by atoms with E-state index in [-0.39, 0.29) is 0 Å². The summed E-state index contributed by atoms with van der Waals surface area (Å²) in [5.74, 6) is 0. The van der Waals surface area contributed by atoms with E-state index >= 15 is 0 Å². The summed E-state index contributed by atoms with van der Waals surface area (Å²) >= 11 is 30.5. The van der Waals surface area contributed by atoms with Crippen molar-refractivity contribution in [2.75, 3.05) is 10.6 Å².